The fraction of sp³-hybridized carbons (Fsp3) is 0.538. The molecule has 0 unspecified atom stereocenters. The van der Waals surface area contributed by atoms with Gasteiger partial charge >= 0.3 is 0 Å². The Morgan fingerprint density at radius 3 is 2.94 bits per heavy atom. The molecule has 1 aromatic rings. The van der Waals surface area contributed by atoms with Crippen molar-refractivity contribution in [3.05, 3.63) is 18.2 Å². The molecule has 3 rings (SSSR count). The van der Waals surface area contributed by atoms with Crippen LogP contribution in [-0.4, -0.2) is 20.3 Å². The number of benzene rings is 1. The van der Waals surface area contributed by atoms with E-state index in [-0.39, 0.29) is 0 Å². The lowest BCUT2D eigenvalue weighted by Crippen LogP contribution is -2.40. The smallest absolute Gasteiger partial charge is 0.146 e. The van der Waals surface area contributed by atoms with Gasteiger partial charge in [0.05, 0.1) is 19.4 Å². The topological polar surface area (TPSA) is 30.5 Å². The molecule has 0 aromatic heterocycles. The highest BCUT2D eigenvalue weighted by atomic mass is 16.5. The molecule has 16 heavy (non-hydrogen) atoms. The fourth-order valence-corrected chi connectivity index (χ4v) is 2.46. The summed E-state index contributed by atoms with van der Waals surface area (Å²) >= 11 is 0. The summed E-state index contributed by atoms with van der Waals surface area (Å²) in [6, 6.07) is 5.96. The zero-order valence-electron chi connectivity index (χ0n) is 9.58. The average molecular weight is 219 g/mol. The first-order valence-corrected chi connectivity index (χ1v) is 5.86. The van der Waals surface area contributed by atoms with E-state index in [1.165, 1.54) is 19.3 Å². The van der Waals surface area contributed by atoms with E-state index in [1.807, 2.05) is 18.2 Å². The van der Waals surface area contributed by atoms with Gasteiger partial charge in [-0.3, -0.25) is 0 Å². The van der Waals surface area contributed by atoms with E-state index in [4.69, 9.17) is 9.47 Å². The number of hydrogen-bond acceptors (Lipinski definition) is 3. The Morgan fingerprint density at radius 2 is 2.25 bits per heavy atom. The number of methoxy groups -OCH3 is 1. The fourth-order valence-electron chi connectivity index (χ4n) is 2.46. The summed E-state index contributed by atoms with van der Waals surface area (Å²) in [5.41, 5.74) is 1.47. The van der Waals surface area contributed by atoms with E-state index in [0.717, 1.165) is 30.3 Å². The maximum atomic E-state index is 5.91. The van der Waals surface area contributed by atoms with Crippen molar-refractivity contribution in [3.8, 4) is 11.5 Å². The average Bonchev–Trinajstić information content (AvgIpc) is 2.47. The van der Waals surface area contributed by atoms with Gasteiger partial charge in [-0.2, -0.15) is 0 Å². The van der Waals surface area contributed by atoms with Crippen LogP contribution in [0.4, 0.5) is 5.69 Å². The normalized spacial score (nSPS) is 21.1. The molecule has 86 valence electrons. The van der Waals surface area contributed by atoms with Crippen LogP contribution in [0, 0.1) is 5.41 Å². The van der Waals surface area contributed by atoms with E-state index in [9.17, 15) is 0 Å². The SMILES string of the molecule is COc1ccc2c(c1)OCC1(CCC1)CN2. The first-order chi connectivity index (χ1) is 7.81. The van der Waals surface area contributed by atoms with Gasteiger partial charge in [-0.1, -0.05) is 6.42 Å². The Balaban J connectivity index is 1.85. The van der Waals surface area contributed by atoms with Crippen molar-refractivity contribution in [2.24, 2.45) is 5.41 Å². The minimum Gasteiger partial charge on any atom is -0.497 e. The molecule has 3 heteroatoms. The molecule has 0 amide bonds. The Hall–Kier alpha value is -1.38. The van der Waals surface area contributed by atoms with Crippen LogP contribution in [-0.2, 0) is 0 Å². The second-order valence-corrected chi connectivity index (χ2v) is 4.86. The van der Waals surface area contributed by atoms with Crippen molar-refractivity contribution in [2.75, 3.05) is 25.6 Å². The van der Waals surface area contributed by atoms with Crippen molar-refractivity contribution in [1.82, 2.24) is 0 Å². The highest BCUT2D eigenvalue weighted by molar-refractivity contribution is 5.60. The molecule has 1 saturated carbocycles. The second-order valence-electron chi connectivity index (χ2n) is 4.86. The van der Waals surface area contributed by atoms with Gasteiger partial charge in [0.15, 0.2) is 0 Å². The zero-order valence-corrected chi connectivity index (χ0v) is 9.58. The summed E-state index contributed by atoms with van der Waals surface area (Å²) < 4.78 is 11.1. The summed E-state index contributed by atoms with van der Waals surface area (Å²) in [7, 11) is 1.68. The standard InChI is InChI=1S/C13H17NO2/c1-15-10-3-4-11-12(7-10)16-9-13(8-14-11)5-2-6-13/h3-4,7,14H,2,5-6,8-9H2,1H3. The molecule has 1 heterocycles. The largest absolute Gasteiger partial charge is 0.497 e. The third kappa shape index (κ3) is 1.51. The summed E-state index contributed by atoms with van der Waals surface area (Å²) in [5.74, 6) is 1.77. The Labute approximate surface area is 95.8 Å². The second kappa shape index (κ2) is 3.58. The van der Waals surface area contributed by atoms with Crippen molar-refractivity contribution >= 4 is 5.69 Å². The van der Waals surface area contributed by atoms with Crippen LogP contribution in [0.15, 0.2) is 18.2 Å². The van der Waals surface area contributed by atoms with Gasteiger partial charge in [0.25, 0.3) is 0 Å². The molecule has 0 bridgehead atoms. The maximum Gasteiger partial charge on any atom is 0.146 e. The van der Waals surface area contributed by atoms with E-state index in [2.05, 4.69) is 5.32 Å². The van der Waals surface area contributed by atoms with Gasteiger partial charge in [0.1, 0.15) is 11.5 Å². The molecule has 3 nitrogen and oxygen atoms in total. The van der Waals surface area contributed by atoms with E-state index in [1.54, 1.807) is 7.11 Å². The predicted octanol–water partition coefficient (Wildman–Crippen LogP) is 2.67. The molecule has 1 aliphatic heterocycles. The Bertz CT molecular complexity index is 399. The molecule has 1 aliphatic carbocycles. The van der Waals surface area contributed by atoms with Gasteiger partial charge in [-0.15, -0.1) is 0 Å². The van der Waals surface area contributed by atoms with E-state index >= 15 is 0 Å². The molecule has 1 N–H and O–H groups in total. The summed E-state index contributed by atoms with van der Waals surface area (Å²) in [6.07, 6.45) is 3.90. The zero-order chi connectivity index (χ0) is 11.0. The third-order valence-electron chi connectivity index (χ3n) is 3.79. The Kier molecular flexibility index (Phi) is 2.20. The highest BCUT2D eigenvalue weighted by Crippen LogP contribution is 2.44. The molecule has 0 radical (unpaired) electrons. The first-order valence-electron chi connectivity index (χ1n) is 5.86. The number of hydrogen-bond donors (Lipinski definition) is 1. The van der Waals surface area contributed by atoms with Crippen molar-refractivity contribution < 1.29 is 9.47 Å². The van der Waals surface area contributed by atoms with Crippen LogP contribution in [0.1, 0.15) is 19.3 Å². The monoisotopic (exact) mass is 219 g/mol. The van der Waals surface area contributed by atoms with E-state index < -0.39 is 0 Å². The molecule has 1 spiro atoms. The number of anilines is 1. The summed E-state index contributed by atoms with van der Waals surface area (Å²) in [6.45, 7) is 1.87. The number of fused-ring (bicyclic) bond motifs is 1. The van der Waals surface area contributed by atoms with Crippen LogP contribution in [0.25, 0.3) is 0 Å². The molecule has 0 saturated heterocycles. The Morgan fingerprint density at radius 1 is 1.38 bits per heavy atom. The summed E-state index contributed by atoms with van der Waals surface area (Å²) in [5, 5.41) is 3.49. The van der Waals surface area contributed by atoms with Crippen LogP contribution < -0.4 is 14.8 Å². The van der Waals surface area contributed by atoms with Crippen LogP contribution in [0.2, 0.25) is 0 Å². The minimum atomic E-state index is 0.381. The lowest BCUT2D eigenvalue weighted by molar-refractivity contribution is 0.0765. The quantitative estimate of drug-likeness (QED) is 0.787. The first kappa shape index (κ1) is 9.82. The summed E-state index contributed by atoms with van der Waals surface area (Å²) in [4.78, 5) is 0. The lowest BCUT2D eigenvalue weighted by atomic mass is 9.69. The number of rotatable bonds is 1. The van der Waals surface area contributed by atoms with Gasteiger partial charge in [-0.25, -0.2) is 0 Å². The van der Waals surface area contributed by atoms with E-state index in [0.29, 0.717) is 5.41 Å². The minimum absolute atomic E-state index is 0.381. The third-order valence-corrected chi connectivity index (χ3v) is 3.79. The molecular formula is C13H17NO2. The van der Waals surface area contributed by atoms with Crippen LogP contribution in [0.3, 0.4) is 0 Å². The molecule has 0 atom stereocenters. The molecular weight excluding hydrogens is 202 g/mol. The van der Waals surface area contributed by atoms with Gasteiger partial charge in [0, 0.05) is 18.0 Å². The van der Waals surface area contributed by atoms with Crippen LogP contribution in [0.5, 0.6) is 11.5 Å². The van der Waals surface area contributed by atoms with Gasteiger partial charge in [0.2, 0.25) is 0 Å². The van der Waals surface area contributed by atoms with Crippen molar-refractivity contribution in [2.45, 2.75) is 19.3 Å². The molecule has 1 fully saturated rings. The number of nitrogens with one attached hydrogen (secondary N) is 1. The maximum absolute atomic E-state index is 5.91. The van der Waals surface area contributed by atoms with Crippen molar-refractivity contribution in [1.29, 1.82) is 0 Å². The van der Waals surface area contributed by atoms with Gasteiger partial charge in [-0.05, 0) is 25.0 Å². The van der Waals surface area contributed by atoms with Crippen LogP contribution >= 0.6 is 0 Å². The molecule has 2 aliphatic rings. The highest BCUT2D eigenvalue weighted by Gasteiger charge is 2.39. The predicted molar refractivity (Wildman–Crippen MR) is 63.3 cm³/mol. The lowest BCUT2D eigenvalue weighted by Gasteiger charge is -2.40. The molecule has 1 aromatic carbocycles. The van der Waals surface area contributed by atoms with Gasteiger partial charge < -0.3 is 14.8 Å². The van der Waals surface area contributed by atoms with Crippen molar-refractivity contribution in [3.63, 3.8) is 0 Å². The number of ether oxygens (including phenoxy) is 2.